The van der Waals surface area contributed by atoms with Crippen LogP contribution in [-0.4, -0.2) is 35.7 Å². The molecule has 0 aliphatic carbocycles. The van der Waals surface area contributed by atoms with Gasteiger partial charge in [-0.15, -0.1) is 0 Å². The SMILES string of the molecule is CCOC(=O)N1C=Cc2nc3ccccc3c(N3CCCC3)c2C=C1. The van der Waals surface area contributed by atoms with Crippen molar-refractivity contribution in [3.8, 4) is 0 Å². The normalized spacial score (nSPS) is 16.2. The number of rotatable bonds is 2. The largest absolute Gasteiger partial charge is 0.449 e. The Bertz CT molecular complexity index is 867. The molecule has 0 radical (unpaired) electrons. The highest BCUT2D eigenvalue weighted by atomic mass is 16.5. The number of amides is 1. The van der Waals surface area contributed by atoms with Crippen LogP contribution in [0.3, 0.4) is 0 Å². The molecule has 0 unspecified atom stereocenters. The first-order chi connectivity index (χ1) is 12.3. The fourth-order valence-electron chi connectivity index (χ4n) is 3.48. The number of carbonyl (C=O) groups excluding carboxylic acids is 1. The van der Waals surface area contributed by atoms with Crippen molar-refractivity contribution in [3.05, 3.63) is 47.9 Å². The van der Waals surface area contributed by atoms with E-state index in [1.54, 1.807) is 19.3 Å². The van der Waals surface area contributed by atoms with Gasteiger partial charge >= 0.3 is 6.09 Å². The van der Waals surface area contributed by atoms with E-state index in [1.807, 2.05) is 24.3 Å². The van der Waals surface area contributed by atoms with E-state index in [9.17, 15) is 4.79 Å². The molecule has 0 atom stereocenters. The molecular formula is C20H21N3O2. The first kappa shape index (κ1) is 15.7. The number of hydrogen-bond donors (Lipinski definition) is 0. The van der Waals surface area contributed by atoms with Crippen LogP contribution in [0.4, 0.5) is 10.5 Å². The molecular weight excluding hydrogens is 314 g/mol. The second-order valence-corrected chi connectivity index (χ2v) is 6.21. The molecule has 0 N–H and O–H groups in total. The summed E-state index contributed by atoms with van der Waals surface area (Å²) in [6.45, 7) is 4.27. The van der Waals surface area contributed by atoms with Crippen molar-refractivity contribution in [2.45, 2.75) is 19.8 Å². The van der Waals surface area contributed by atoms with Gasteiger partial charge in [-0.05, 0) is 38.0 Å². The molecule has 2 aliphatic rings. The number of para-hydroxylation sites is 1. The number of benzene rings is 1. The van der Waals surface area contributed by atoms with Gasteiger partial charge in [0.2, 0.25) is 0 Å². The first-order valence-corrected chi connectivity index (χ1v) is 8.77. The molecule has 5 heteroatoms. The van der Waals surface area contributed by atoms with Gasteiger partial charge in [-0.3, -0.25) is 4.90 Å². The summed E-state index contributed by atoms with van der Waals surface area (Å²) in [6, 6.07) is 8.23. The Morgan fingerprint density at radius 3 is 2.72 bits per heavy atom. The van der Waals surface area contributed by atoms with Crippen molar-refractivity contribution in [1.29, 1.82) is 0 Å². The Hall–Kier alpha value is -2.82. The smallest absolute Gasteiger partial charge is 0.417 e. The number of anilines is 1. The van der Waals surface area contributed by atoms with E-state index in [4.69, 9.17) is 9.72 Å². The average Bonchev–Trinajstić information content (AvgIpc) is 3.07. The van der Waals surface area contributed by atoms with Crippen LogP contribution in [-0.2, 0) is 4.74 Å². The summed E-state index contributed by atoms with van der Waals surface area (Å²) >= 11 is 0. The molecule has 0 bridgehead atoms. The van der Waals surface area contributed by atoms with Crippen LogP contribution in [0.2, 0.25) is 0 Å². The molecule has 0 spiro atoms. The Kier molecular flexibility index (Phi) is 4.14. The second-order valence-electron chi connectivity index (χ2n) is 6.21. The Morgan fingerprint density at radius 1 is 1.16 bits per heavy atom. The number of hydrogen-bond acceptors (Lipinski definition) is 4. The van der Waals surface area contributed by atoms with Gasteiger partial charge < -0.3 is 9.64 Å². The number of pyridine rings is 1. The van der Waals surface area contributed by atoms with E-state index < -0.39 is 0 Å². The third-order valence-electron chi connectivity index (χ3n) is 4.63. The quantitative estimate of drug-likeness (QED) is 0.823. The minimum absolute atomic E-state index is 0.352. The highest BCUT2D eigenvalue weighted by molar-refractivity contribution is 5.98. The summed E-state index contributed by atoms with van der Waals surface area (Å²) in [6.07, 6.45) is 9.37. The van der Waals surface area contributed by atoms with Crippen molar-refractivity contribution in [2.75, 3.05) is 24.6 Å². The minimum atomic E-state index is -0.380. The van der Waals surface area contributed by atoms with Crippen LogP contribution in [0.15, 0.2) is 36.7 Å². The molecule has 25 heavy (non-hydrogen) atoms. The number of ether oxygens (including phenoxy) is 1. The summed E-state index contributed by atoms with van der Waals surface area (Å²) < 4.78 is 5.10. The molecule has 1 fully saturated rings. The molecule has 1 aromatic carbocycles. The topological polar surface area (TPSA) is 45.7 Å². The maximum atomic E-state index is 12.0. The standard InChI is InChI=1S/C20H21N3O2/c1-2-25-20(24)23-13-9-16-18(10-14-23)21-17-8-4-3-7-15(17)19(16)22-11-5-6-12-22/h3-4,7-10,13-14H,2,5-6,11-12H2,1H3. The van der Waals surface area contributed by atoms with Crippen molar-refractivity contribution in [1.82, 2.24) is 9.88 Å². The molecule has 2 aromatic rings. The minimum Gasteiger partial charge on any atom is -0.449 e. The van der Waals surface area contributed by atoms with Gasteiger partial charge in [0.25, 0.3) is 0 Å². The lowest BCUT2D eigenvalue weighted by Crippen LogP contribution is -2.20. The molecule has 5 nitrogen and oxygen atoms in total. The van der Waals surface area contributed by atoms with Gasteiger partial charge in [0.1, 0.15) is 0 Å². The number of nitrogens with zero attached hydrogens (tertiary/aromatic N) is 3. The van der Waals surface area contributed by atoms with E-state index in [2.05, 4.69) is 17.0 Å². The molecule has 2 aliphatic heterocycles. The van der Waals surface area contributed by atoms with Crippen molar-refractivity contribution >= 4 is 34.8 Å². The zero-order chi connectivity index (χ0) is 17.2. The van der Waals surface area contributed by atoms with Gasteiger partial charge in [0.05, 0.1) is 23.5 Å². The third-order valence-corrected chi connectivity index (χ3v) is 4.63. The Morgan fingerprint density at radius 2 is 1.92 bits per heavy atom. The van der Waals surface area contributed by atoms with E-state index in [1.165, 1.54) is 23.4 Å². The van der Waals surface area contributed by atoms with Gasteiger partial charge in [-0.2, -0.15) is 0 Å². The van der Waals surface area contributed by atoms with E-state index in [0.717, 1.165) is 35.2 Å². The van der Waals surface area contributed by atoms with Crippen LogP contribution < -0.4 is 4.90 Å². The molecule has 128 valence electrons. The highest BCUT2D eigenvalue weighted by Crippen LogP contribution is 2.36. The van der Waals surface area contributed by atoms with E-state index in [0.29, 0.717) is 6.61 Å². The van der Waals surface area contributed by atoms with Crippen molar-refractivity contribution < 1.29 is 9.53 Å². The average molecular weight is 335 g/mol. The lowest BCUT2D eigenvalue weighted by atomic mass is 10.0. The summed E-state index contributed by atoms with van der Waals surface area (Å²) in [5, 5.41) is 1.16. The molecule has 3 heterocycles. The van der Waals surface area contributed by atoms with E-state index in [-0.39, 0.29) is 6.09 Å². The fourth-order valence-corrected chi connectivity index (χ4v) is 3.48. The summed E-state index contributed by atoms with van der Waals surface area (Å²) in [7, 11) is 0. The lowest BCUT2D eigenvalue weighted by molar-refractivity contribution is 0.134. The van der Waals surface area contributed by atoms with Crippen LogP contribution in [0.25, 0.3) is 23.1 Å². The predicted octanol–water partition coefficient (Wildman–Crippen LogP) is 4.25. The molecule has 1 saturated heterocycles. The van der Waals surface area contributed by atoms with Gasteiger partial charge in [-0.1, -0.05) is 18.2 Å². The number of carbonyl (C=O) groups is 1. The zero-order valence-electron chi connectivity index (χ0n) is 14.3. The number of fused-ring (bicyclic) bond motifs is 2. The lowest BCUT2D eigenvalue weighted by Gasteiger charge is -2.23. The monoisotopic (exact) mass is 335 g/mol. The Labute approximate surface area is 147 Å². The first-order valence-electron chi connectivity index (χ1n) is 8.77. The Balaban J connectivity index is 1.86. The maximum absolute atomic E-state index is 12.0. The van der Waals surface area contributed by atoms with Crippen molar-refractivity contribution in [2.24, 2.45) is 0 Å². The van der Waals surface area contributed by atoms with Gasteiger partial charge in [-0.25, -0.2) is 9.78 Å². The van der Waals surface area contributed by atoms with Gasteiger partial charge in [0.15, 0.2) is 0 Å². The zero-order valence-corrected chi connectivity index (χ0v) is 14.3. The van der Waals surface area contributed by atoms with Gasteiger partial charge in [0, 0.05) is 36.4 Å². The maximum Gasteiger partial charge on any atom is 0.417 e. The number of aromatic nitrogens is 1. The second kappa shape index (κ2) is 6.59. The molecule has 1 amide bonds. The van der Waals surface area contributed by atoms with E-state index >= 15 is 0 Å². The van der Waals surface area contributed by atoms with Crippen LogP contribution in [0, 0.1) is 0 Å². The summed E-state index contributed by atoms with van der Waals surface area (Å²) in [5.41, 5.74) is 4.13. The van der Waals surface area contributed by atoms with Crippen LogP contribution >= 0.6 is 0 Å². The third kappa shape index (κ3) is 2.86. The highest BCUT2D eigenvalue weighted by Gasteiger charge is 2.22. The molecule has 0 saturated carbocycles. The van der Waals surface area contributed by atoms with Crippen LogP contribution in [0.1, 0.15) is 31.0 Å². The van der Waals surface area contributed by atoms with Crippen molar-refractivity contribution in [3.63, 3.8) is 0 Å². The molecule has 4 rings (SSSR count). The fraction of sp³-hybridized carbons (Fsp3) is 0.300. The molecule has 1 aromatic heterocycles. The van der Waals surface area contributed by atoms with Crippen LogP contribution in [0.5, 0.6) is 0 Å². The predicted molar refractivity (Wildman–Crippen MR) is 100 cm³/mol. The summed E-state index contributed by atoms with van der Waals surface area (Å²) in [5.74, 6) is 0. The summed E-state index contributed by atoms with van der Waals surface area (Å²) in [4.78, 5) is 20.7.